The van der Waals surface area contributed by atoms with Gasteiger partial charge in [0, 0.05) is 32.7 Å². The van der Waals surface area contributed by atoms with Crippen LogP contribution in [0, 0.1) is 5.82 Å². The molecule has 1 atom stereocenters. The number of likely N-dealkylation sites (N-methyl/N-ethyl adjacent to an activating group) is 1. The molecule has 1 heterocycles. The van der Waals surface area contributed by atoms with E-state index in [2.05, 4.69) is 4.90 Å². The topological polar surface area (TPSA) is 87.2 Å². The van der Waals surface area contributed by atoms with Gasteiger partial charge in [-0.3, -0.25) is 4.90 Å². The van der Waals surface area contributed by atoms with E-state index in [9.17, 15) is 17.6 Å². The minimum atomic E-state index is -4.20. The van der Waals surface area contributed by atoms with Gasteiger partial charge in [0.2, 0.25) is 10.0 Å². The molecule has 0 aliphatic carbocycles. The Morgan fingerprint density at radius 2 is 2.04 bits per heavy atom. The number of rotatable bonds is 6. The van der Waals surface area contributed by atoms with Gasteiger partial charge in [-0.25, -0.2) is 17.6 Å². The maximum absolute atomic E-state index is 14.1. The number of hydrogen-bond donors (Lipinski definition) is 1. The molecule has 0 spiro atoms. The maximum Gasteiger partial charge on any atom is 0.337 e. The summed E-state index contributed by atoms with van der Waals surface area (Å²) in [5.41, 5.74) is -0.462. The number of ether oxygens (including phenoxy) is 1. The molecule has 140 valence electrons. The van der Waals surface area contributed by atoms with Crippen molar-refractivity contribution in [3.63, 3.8) is 0 Å². The van der Waals surface area contributed by atoms with Crippen LogP contribution in [0.1, 0.15) is 17.3 Å². The van der Waals surface area contributed by atoms with Gasteiger partial charge in [0.25, 0.3) is 0 Å². The standard InChI is InChI=1S/C15H20ClFN2O5S/c1-10(19-3-5-24-6-4-19)9-18(2)25(22,23)14-7-11(15(20)21)12(16)8-13(14)17/h7-8,10H,3-6,9H2,1-2H3,(H,20,21). The molecule has 0 radical (unpaired) electrons. The quantitative estimate of drug-likeness (QED) is 0.787. The van der Waals surface area contributed by atoms with Crippen molar-refractivity contribution < 1.29 is 27.4 Å². The first kappa shape index (κ1) is 20.1. The highest BCUT2D eigenvalue weighted by Gasteiger charge is 2.29. The predicted octanol–water partition coefficient (Wildman–Crippen LogP) is 1.52. The second-order valence-corrected chi connectivity index (χ2v) is 8.27. The van der Waals surface area contributed by atoms with E-state index in [-0.39, 0.29) is 17.6 Å². The van der Waals surface area contributed by atoms with Gasteiger partial charge in [0.15, 0.2) is 0 Å². The average Bonchev–Trinajstić information content (AvgIpc) is 2.54. The summed E-state index contributed by atoms with van der Waals surface area (Å²) in [6.07, 6.45) is 0. The smallest absolute Gasteiger partial charge is 0.337 e. The second-order valence-electron chi connectivity index (χ2n) is 5.85. The summed E-state index contributed by atoms with van der Waals surface area (Å²) in [6.45, 7) is 4.54. The predicted molar refractivity (Wildman–Crippen MR) is 90.0 cm³/mol. The molecule has 0 aromatic heterocycles. The zero-order valence-corrected chi connectivity index (χ0v) is 15.5. The number of aromatic carboxylic acids is 1. The number of carbonyl (C=O) groups is 1. The van der Waals surface area contributed by atoms with Crippen molar-refractivity contribution in [2.45, 2.75) is 17.9 Å². The summed E-state index contributed by atoms with van der Waals surface area (Å²) >= 11 is 5.66. The van der Waals surface area contributed by atoms with E-state index >= 15 is 0 Å². The van der Waals surface area contributed by atoms with Crippen molar-refractivity contribution in [2.24, 2.45) is 0 Å². The number of nitrogens with zero attached hydrogens (tertiary/aromatic N) is 2. The fraction of sp³-hybridized carbons (Fsp3) is 0.533. The average molecular weight is 395 g/mol. The van der Waals surface area contributed by atoms with Crippen LogP contribution in [-0.4, -0.2) is 74.6 Å². The first-order chi connectivity index (χ1) is 11.6. The summed E-state index contributed by atoms with van der Waals surface area (Å²) in [5, 5.41) is 8.71. The third-order valence-corrected chi connectivity index (χ3v) is 6.28. The first-order valence-electron chi connectivity index (χ1n) is 7.65. The number of benzene rings is 1. The Bertz CT molecular complexity index is 753. The van der Waals surface area contributed by atoms with E-state index in [0.717, 1.165) is 10.4 Å². The Hall–Kier alpha value is -1.26. The fourth-order valence-corrected chi connectivity index (χ4v) is 4.21. The van der Waals surface area contributed by atoms with Crippen LogP contribution in [0.5, 0.6) is 0 Å². The molecular formula is C15H20ClFN2O5S. The minimum Gasteiger partial charge on any atom is -0.478 e. The number of morpholine rings is 1. The SMILES string of the molecule is CC(CN(C)S(=O)(=O)c1cc(C(=O)O)c(Cl)cc1F)N1CCOCC1. The molecule has 1 saturated heterocycles. The van der Waals surface area contributed by atoms with E-state index in [1.54, 1.807) is 0 Å². The molecule has 0 bridgehead atoms. The third-order valence-electron chi connectivity index (χ3n) is 4.13. The summed E-state index contributed by atoms with van der Waals surface area (Å²) in [4.78, 5) is 12.5. The van der Waals surface area contributed by atoms with E-state index < -0.39 is 32.3 Å². The Kier molecular flexibility index (Phi) is 6.39. The number of sulfonamides is 1. The van der Waals surface area contributed by atoms with E-state index in [0.29, 0.717) is 32.4 Å². The van der Waals surface area contributed by atoms with Crippen LogP contribution in [-0.2, 0) is 14.8 Å². The van der Waals surface area contributed by atoms with Crippen molar-refractivity contribution in [3.8, 4) is 0 Å². The minimum absolute atomic E-state index is 0.0991. The van der Waals surface area contributed by atoms with Crippen molar-refractivity contribution in [3.05, 3.63) is 28.5 Å². The molecule has 25 heavy (non-hydrogen) atoms. The van der Waals surface area contributed by atoms with Crippen LogP contribution >= 0.6 is 11.6 Å². The molecule has 0 saturated carbocycles. The highest BCUT2D eigenvalue weighted by Crippen LogP contribution is 2.26. The molecule has 1 N–H and O–H groups in total. The van der Waals surface area contributed by atoms with Gasteiger partial charge < -0.3 is 9.84 Å². The number of carboxylic acids is 1. The number of hydrogen-bond acceptors (Lipinski definition) is 5. The van der Waals surface area contributed by atoms with Gasteiger partial charge in [0.1, 0.15) is 10.7 Å². The zero-order valence-electron chi connectivity index (χ0n) is 13.9. The Morgan fingerprint density at radius 3 is 2.60 bits per heavy atom. The molecule has 1 aromatic carbocycles. The molecule has 2 rings (SSSR count). The summed E-state index contributed by atoms with van der Waals surface area (Å²) in [7, 11) is -2.86. The first-order valence-corrected chi connectivity index (χ1v) is 9.47. The normalized spacial score (nSPS) is 17.6. The van der Waals surface area contributed by atoms with Gasteiger partial charge in [-0.05, 0) is 19.1 Å². The van der Waals surface area contributed by atoms with Gasteiger partial charge in [-0.1, -0.05) is 11.6 Å². The fourth-order valence-electron chi connectivity index (χ4n) is 2.66. The lowest BCUT2D eigenvalue weighted by molar-refractivity contribution is 0.0177. The Balaban J connectivity index is 2.25. The Labute approximate surface area is 151 Å². The Morgan fingerprint density at radius 1 is 1.44 bits per heavy atom. The number of halogens is 2. The zero-order chi connectivity index (χ0) is 18.8. The molecule has 7 nitrogen and oxygen atoms in total. The van der Waals surface area contributed by atoms with E-state index in [1.165, 1.54) is 7.05 Å². The van der Waals surface area contributed by atoms with Gasteiger partial charge >= 0.3 is 5.97 Å². The highest BCUT2D eigenvalue weighted by atomic mass is 35.5. The van der Waals surface area contributed by atoms with Gasteiger partial charge in [0.05, 0.1) is 23.8 Å². The van der Waals surface area contributed by atoms with Crippen LogP contribution in [0.15, 0.2) is 17.0 Å². The van der Waals surface area contributed by atoms with Crippen LogP contribution in [0.2, 0.25) is 5.02 Å². The van der Waals surface area contributed by atoms with E-state index in [1.807, 2.05) is 6.92 Å². The van der Waals surface area contributed by atoms with Crippen LogP contribution in [0.25, 0.3) is 0 Å². The summed E-state index contributed by atoms with van der Waals surface area (Å²) in [6, 6.07) is 1.36. The van der Waals surface area contributed by atoms with Gasteiger partial charge in [-0.2, -0.15) is 4.31 Å². The van der Waals surface area contributed by atoms with Crippen molar-refractivity contribution in [1.82, 2.24) is 9.21 Å². The van der Waals surface area contributed by atoms with Crippen LogP contribution in [0.4, 0.5) is 4.39 Å². The van der Waals surface area contributed by atoms with Crippen LogP contribution < -0.4 is 0 Å². The molecule has 1 aliphatic rings. The summed E-state index contributed by atoms with van der Waals surface area (Å²) < 4.78 is 45.7. The van der Waals surface area contributed by atoms with Crippen molar-refractivity contribution >= 4 is 27.6 Å². The molecule has 0 amide bonds. The molecule has 10 heteroatoms. The molecule has 1 unspecified atom stereocenters. The summed E-state index contributed by atoms with van der Waals surface area (Å²) in [5.74, 6) is -2.51. The highest BCUT2D eigenvalue weighted by molar-refractivity contribution is 7.89. The molecule has 1 aromatic rings. The van der Waals surface area contributed by atoms with Crippen molar-refractivity contribution in [1.29, 1.82) is 0 Å². The molecular weight excluding hydrogens is 375 g/mol. The third kappa shape index (κ3) is 4.48. The lowest BCUT2D eigenvalue weighted by Crippen LogP contribution is -2.47. The molecule has 1 aliphatic heterocycles. The second kappa shape index (κ2) is 7.96. The largest absolute Gasteiger partial charge is 0.478 e. The van der Waals surface area contributed by atoms with Crippen molar-refractivity contribution in [2.75, 3.05) is 39.9 Å². The van der Waals surface area contributed by atoms with E-state index in [4.69, 9.17) is 21.4 Å². The lowest BCUT2D eigenvalue weighted by atomic mass is 10.2. The monoisotopic (exact) mass is 394 g/mol. The van der Waals surface area contributed by atoms with Gasteiger partial charge in [-0.15, -0.1) is 0 Å². The number of carboxylic acid groups (broad SMARTS) is 1. The maximum atomic E-state index is 14.1. The molecule has 1 fully saturated rings. The lowest BCUT2D eigenvalue weighted by Gasteiger charge is -2.34. The van der Waals surface area contributed by atoms with Crippen LogP contribution in [0.3, 0.4) is 0 Å².